The van der Waals surface area contributed by atoms with Gasteiger partial charge in [0, 0.05) is 31.6 Å². The monoisotopic (exact) mass is 448 g/mol. The Kier molecular flexibility index (Phi) is 8.24. The summed E-state index contributed by atoms with van der Waals surface area (Å²) in [5, 5.41) is 15.1. The second-order valence-electron chi connectivity index (χ2n) is 7.30. The van der Waals surface area contributed by atoms with Crippen LogP contribution < -0.4 is 10.6 Å². The zero-order valence-electron chi connectivity index (χ0n) is 18.2. The lowest BCUT2D eigenvalue weighted by molar-refractivity contribution is -0.131. The van der Waals surface area contributed by atoms with Gasteiger partial charge in [0.1, 0.15) is 11.6 Å². The number of carboxylic acids is 1. The molecule has 0 bridgehead atoms. The normalized spacial score (nSPS) is 11.2. The van der Waals surface area contributed by atoms with Crippen LogP contribution >= 0.6 is 0 Å². The molecule has 1 aromatic carbocycles. The summed E-state index contributed by atoms with van der Waals surface area (Å²) in [6, 6.07) is 13.2. The van der Waals surface area contributed by atoms with E-state index < -0.39 is 5.97 Å². The second-order valence-corrected chi connectivity index (χ2v) is 7.30. The standard InChI is InChI=1S/C25H25FN4O3/c1-2-19(14-23(31)32)22-9-8-21(25(33)29-16-18-6-4-11-27-15-18)24(30-22)28-12-10-17-5-3-7-20(26)13-17/h3-9,11,13-15H,2,10,12,16H2,1H3,(H,28,30)(H,29,33)(H,31,32)/b19-14-. The van der Waals surface area contributed by atoms with Gasteiger partial charge in [0.15, 0.2) is 0 Å². The van der Waals surface area contributed by atoms with Gasteiger partial charge in [0.25, 0.3) is 5.91 Å². The SMILES string of the molecule is CC/C(=C/C(=O)O)c1ccc(C(=O)NCc2cccnc2)c(NCCc2cccc(F)c2)n1. The average molecular weight is 448 g/mol. The van der Waals surface area contributed by atoms with Crippen LogP contribution in [0.5, 0.6) is 0 Å². The third kappa shape index (κ3) is 6.96. The summed E-state index contributed by atoms with van der Waals surface area (Å²) in [5.41, 5.74) is 3.00. The van der Waals surface area contributed by atoms with Crippen LogP contribution in [0.3, 0.4) is 0 Å². The van der Waals surface area contributed by atoms with Crippen LogP contribution in [0.15, 0.2) is 67.0 Å². The van der Waals surface area contributed by atoms with Gasteiger partial charge >= 0.3 is 5.97 Å². The number of carbonyl (C=O) groups is 2. The van der Waals surface area contributed by atoms with Gasteiger partial charge in [-0.15, -0.1) is 0 Å². The van der Waals surface area contributed by atoms with Crippen molar-refractivity contribution < 1.29 is 19.1 Å². The van der Waals surface area contributed by atoms with E-state index in [1.165, 1.54) is 12.1 Å². The Hall–Kier alpha value is -4.07. The zero-order chi connectivity index (χ0) is 23.6. The Labute approximate surface area is 191 Å². The molecule has 0 atom stereocenters. The van der Waals surface area contributed by atoms with Crippen LogP contribution in [0.1, 0.15) is 40.5 Å². The first kappa shape index (κ1) is 23.6. The van der Waals surface area contributed by atoms with Crippen molar-refractivity contribution in [3.63, 3.8) is 0 Å². The number of hydrogen-bond acceptors (Lipinski definition) is 5. The van der Waals surface area contributed by atoms with E-state index in [2.05, 4.69) is 20.6 Å². The molecule has 3 rings (SSSR count). The zero-order valence-corrected chi connectivity index (χ0v) is 18.2. The van der Waals surface area contributed by atoms with Gasteiger partial charge in [-0.3, -0.25) is 9.78 Å². The third-order valence-corrected chi connectivity index (χ3v) is 4.92. The van der Waals surface area contributed by atoms with Crippen molar-refractivity contribution in [1.82, 2.24) is 15.3 Å². The number of nitrogens with zero attached hydrogens (tertiary/aromatic N) is 2. The molecule has 0 saturated carbocycles. The minimum absolute atomic E-state index is 0.302. The number of carbonyl (C=O) groups excluding carboxylic acids is 1. The number of allylic oxidation sites excluding steroid dienone is 1. The third-order valence-electron chi connectivity index (χ3n) is 4.92. The molecule has 0 fully saturated rings. The van der Waals surface area contributed by atoms with Crippen molar-refractivity contribution in [2.75, 3.05) is 11.9 Å². The molecular formula is C25H25FN4O3. The van der Waals surface area contributed by atoms with Gasteiger partial charge in [-0.25, -0.2) is 14.2 Å². The van der Waals surface area contributed by atoms with Crippen LogP contribution in [0.25, 0.3) is 5.57 Å². The quantitative estimate of drug-likeness (QED) is 0.404. The number of aromatic nitrogens is 2. The number of pyridine rings is 2. The number of anilines is 1. The first-order valence-corrected chi connectivity index (χ1v) is 10.6. The van der Waals surface area contributed by atoms with Crippen LogP contribution in [0, 0.1) is 5.82 Å². The summed E-state index contributed by atoms with van der Waals surface area (Å²) in [5.74, 6) is -1.37. The Morgan fingerprint density at radius 1 is 1.12 bits per heavy atom. The van der Waals surface area contributed by atoms with Crippen LogP contribution in [-0.2, 0) is 17.8 Å². The predicted molar refractivity (Wildman–Crippen MR) is 124 cm³/mol. The Morgan fingerprint density at radius 3 is 2.64 bits per heavy atom. The lowest BCUT2D eigenvalue weighted by Gasteiger charge is -2.14. The highest BCUT2D eigenvalue weighted by Gasteiger charge is 2.15. The van der Waals surface area contributed by atoms with Crippen molar-refractivity contribution in [3.05, 3.63) is 95.2 Å². The fourth-order valence-electron chi connectivity index (χ4n) is 3.26. The maximum absolute atomic E-state index is 13.5. The summed E-state index contributed by atoms with van der Waals surface area (Å²) in [6.07, 6.45) is 5.43. The van der Waals surface area contributed by atoms with Crippen molar-refractivity contribution in [2.24, 2.45) is 0 Å². The van der Waals surface area contributed by atoms with E-state index in [9.17, 15) is 14.0 Å². The fraction of sp³-hybridized carbons (Fsp3) is 0.200. The summed E-state index contributed by atoms with van der Waals surface area (Å²) in [6.45, 7) is 2.55. The second kappa shape index (κ2) is 11.5. The van der Waals surface area contributed by atoms with Crippen LogP contribution in [-0.4, -0.2) is 33.5 Å². The molecule has 0 radical (unpaired) electrons. The van der Waals surface area contributed by atoms with Gasteiger partial charge in [-0.1, -0.05) is 25.1 Å². The molecule has 1 amide bonds. The van der Waals surface area contributed by atoms with Crippen molar-refractivity contribution >= 4 is 23.3 Å². The molecule has 0 unspecified atom stereocenters. The van der Waals surface area contributed by atoms with Crippen molar-refractivity contribution in [2.45, 2.75) is 26.3 Å². The summed E-state index contributed by atoms with van der Waals surface area (Å²) >= 11 is 0. The molecule has 0 saturated heterocycles. The van der Waals surface area contributed by atoms with E-state index in [1.54, 1.807) is 36.7 Å². The molecule has 3 aromatic rings. The van der Waals surface area contributed by atoms with Gasteiger partial charge in [-0.05, 0) is 59.9 Å². The van der Waals surface area contributed by atoms with E-state index in [0.717, 1.165) is 17.2 Å². The maximum atomic E-state index is 13.5. The van der Waals surface area contributed by atoms with Gasteiger partial charge in [0.2, 0.25) is 0 Å². The van der Waals surface area contributed by atoms with Gasteiger partial charge in [0.05, 0.1) is 11.3 Å². The molecule has 0 spiro atoms. The van der Waals surface area contributed by atoms with E-state index in [4.69, 9.17) is 5.11 Å². The number of benzene rings is 1. The molecule has 3 N–H and O–H groups in total. The van der Waals surface area contributed by atoms with E-state index in [0.29, 0.717) is 48.6 Å². The van der Waals surface area contributed by atoms with Crippen LogP contribution in [0.4, 0.5) is 10.2 Å². The number of rotatable bonds is 10. The van der Waals surface area contributed by atoms with E-state index in [1.807, 2.05) is 19.1 Å². The summed E-state index contributed by atoms with van der Waals surface area (Å²) < 4.78 is 13.5. The number of carboxylic acid groups (broad SMARTS) is 1. The molecule has 2 heterocycles. The highest BCUT2D eigenvalue weighted by molar-refractivity contribution is 5.99. The minimum atomic E-state index is -1.06. The molecular weight excluding hydrogens is 423 g/mol. The largest absolute Gasteiger partial charge is 0.478 e. The average Bonchev–Trinajstić information content (AvgIpc) is 2.81. The molecule has 0 aliphatic heterocycles. The number of halogens is 1. The Balaban J connectivity index is 1.82. The first-order valence-electron chi connectivity index (χ1n) is 10.6. The number of aliphatic carboxylic acids is 1. The molecule has 2 aromatic heterocycles. The number of hydrogen-bond donors (Lipinski definition) is 3. The highest BCUT2D eigenvalue weighted by atomic mass is 19.1. The smallest absolute Gasteiger partial charge is 0.328 e. The highest BCUT2D eigenvalue weighted by Crippen LogP contribution is 2.21. The number of nitrogens with one attached hydrogen (secondary N) is 2. The van der Waals surface area contributed by atoms with Gasteiger partial charge < -0.3 is 15.7 Å². The molecule has 170 valence electrons. The molecule has 7 nitrogen and oxygen atoms in total. The number of amides is 1. The lowest BCUT2D eigenvalue weighted by atomic mass is 10.1. The molecule has 8 heteroatoms. The van der Waals surface area contributed by atoms with Gasteiger partial charge in [-0.2, -0.15) is 0 Å². The van der Waals surface area contributed by atoms with Crippen LogP contribution in [0.2, 0.25) is 0 Å². The molecule has 33 heavy (non-hydrogen) atoms. The molecule has 0 aliphatic rings. The summed E-state index contributed by atoms with van der Waals surface area (Å²) in [4.78, 5) is 32.6. The lowest BCUT2D eigenvalue weighted by Crippen LogP contribution is -2.25. The predicted octanol–water partition coefficient (Wildman–Crippen LogP) is 4.08. The Bertz CT molecular complexity index is 1150. The minimum Gasteiger partial charge on any atom is -0.478 e. The van der Waals surface area contributed by atoms with E-state index in [-0.39, 0.29) is 11.7 Å². The Morgan fingerprint density at radius 2 is 1.94 bits per heavy atom. The maximum Gasteiger partial charge on any atom is 0.328 e. The molecule has 0 aliphatic carbocycles. The van der Waals surface area contributed by atoms with Crippen molar-refractivity contribution in [1.29, 1.82) is 0 Å². The van der Waals surface area contributed by atoms with Crippen molar-refractivity contribution in [3.8, 4) is 0 Å². The summed E-state index contributed by atoms with van der Waals surface area (Å²) in [7, 11) is 0. The van der Waals surface area contributed by atoms with E-state index >= 15 is 0 Å². The topological polar surface area (TPSA) is 104 Å². The first-order chi connectivity index (χ1) is 16.0. The fourth-order valence-corrected chi connectivity index (χ4v) is 3.26.